The number of benzene rings is 1. The van der Waals surface area contributed by atoms with E-state index in [0.29, 0.717) is 25.7 Å². The minimum atomic E-state index is -4.49. The SMILES string of the molecule is CNC/C=C/COCC1CCC(CN(C)S(=O)(=O)c2ccc(C(F)(F)F)cc2)CC1. The molecule has 0 atom stereocenters. The summed E-state index contributed by atoms with van der Waals surface area (Å²) in [6, 6.07) is 3.65. The molecule has 2 rings (SSSR count). The Kier molecular flexibility index (Phi) is 9.33. The Morgan fingerprint density at radius 3 is 2.27 bits per heavy atom. The number of nitrogens with one attached hydrogen (secondary N) is 1. The average Bonchev–Trinajstić information content (AvgIpc) is 2.71. The molecule has 9 heteroatoms. The highest BCUT2D eigenvalue weighted by molar-refractivity contribution is 7.89. The molecule has 5 nitrogen and oxygen atoms in total. The van der Waals surface area contributed by atoms with Crippen LogP contribution in [0.1, 0.15) is 31.2 Å². The Morgan fingerprint density at radius 1 is 1.10 bits per heavy atom. The molecule has 0 heterocycles. The zero-order chi connectivity index (χ0) is 22.2. The number of likely N-dealkylation sites (N-methyl/N-ethyl adjacent to an activating group) is 1. The topological polar surface area (TPSA) is 58.6 Å². The number of nitrogens with zero attached hydrogens (tertiary/aromatic N) is 1. The van der Waals surface area contributed by atoms with E-state index < -0.39 is 21.8 Å². The summed E-state index contributed by atoms with van der Waals surface area (Å²) >= 11 is 0. The van der Waals surface area contributed by atoms with Crippen LogP contribution in [0.3, 0.4) is 0 Å². The van der Waals surface area contributed by atoms with Crippen molar-refractivity contribution in [3.63, 3.8) is 0 Å². The summed E-state index contributed by atoms with van der Waals surface area (Å²) in [5.41, 5.74) is -0.859. The third kappa shape index (κ3) is 7.37. The molecule has 1 aliphatic rings. The second-order valence-electron chi connectivity index (χ2n) is 7.76. The lowest BCUT2D eigenvalue weighted by molar-refractivity contribution is -0.137. The van der Waals surface area contributed by atoms with Gasteiger partial charge in [-0.1, -0.05) is 12.2 Å². The van der Waals surface area contributed by atoms with E-state index in [-0.39, 0.29) is 10.8 Å². The fraction of sp³-hybridized carbons (Fsp3) is 0.619. The van der Waals surface area contributed by atoms with E-state index in [0.717, 1.165) is 56.5 Å². The van der Waals surface area contributed by atoms with Crippen molar-refractivity contribution in [1.82, 2.24) is 9.62 Å². The minimum Gasteiger partial charge on any atom is -0.377 e. The molecule has 170 valence electrons. The lowest BCUT2D eigenvalue weighted by atomic mass is 9.82. The molecule has 0 spiro atoms. The Labute approximate surface area is 177 Å². The lowest BCUT2D eigenvalue weighted by Gasteiger charge is -2.30. The zero-order valence-corrected chi connectivity index (χ0v) is 18.3. The summed E-state index contributed by atoms with van der Waals surface area (Å²) in [7, 11) is -0.440. The maximum Gasteiger partial charge on any atom is 0.416 e. The Balaban J connectivity index is 1.80. The summed E-state index contributed by atoms with van der Waals surface area (Å²) < 4.78 is 70.4. The lowest BCUT2D eigenvalue weighted by Crippen LogP contribution is -2.34. The number of halogens is 3. The molecule has 1 saturated carbocycles. The standard InChI is InChI=1S/C21H31F3N2O3S/c1-25-13-3-4-14-29-16-18-7-5-17(6-8-18)15-26(2)30(27,28)20-11-9-19(10-12-20)21(22,23)24/h3-4,9-12,17-18,25H,5-8,13-16H2,1-2H3/b4-3+. The number of rotatable bonds is 10. The van der Waals surface area contributed by atoms with Crippen LogP contribution in [0.5, 0.6) is 0 Å². The third-order valence-corrected chi connectivity index (χ3v) is 7.27. The molecule has 1 aromatic rings. The average molecular weight is 449 g/mol. The van der Waals surface area contributed by atoms with Crippen molar-refractivity contribution in [3.8, 4) is 0 Å². The van der Waals surface area contributed by atoms with E-state index in [1.165, 1.54) is 11.4 Å². The largest absolute Gasteiger partial charge is 0.416 e. The summed E-state index contributed by atoms with van der Waals surface area (Å²) in [6.45, 7) is 2.48. The van der Waals surface area contributed by atoms with E-state index in [1.807, 2.05) is 19.2 Å². The van der Waals surface area contributed by atoms with Crippen LogP contribution in [0.15, 0.2) is 41.3 Å². The van der Waals surface area contributed by atoms with Gasteiger partial charge in [0.05, 0.1) is 17.1 Å². The first-order chi connectivity index (χ1) is 14.1. The van der Waals surface area contributed by atoms with Crippen molar-refractivity contribution in [2.75, 3.05) is 40.4 Å². The van der Waals surface area contributed by atoms with Gasteiger partial charge in [0.15, 0.2) is 0 Å². The normalized spacial score (nSPS) is 20.9. The number of hydrogen-bond acceptors (Lipinski definition) is 4. The van der Waals surface area contributed by atoms with E-state index in [1.54, 1.807) is 0 Å². The molecule has 0 aromatic heterocycles. The molecule has 0 amide bonds. The van der Waals surface area contributed by atoms with Gasteiger partial charge in [-0.2, -0.15) is 13.2 Å². The molecular weight excluding hydrogens is 417 g/mol. The molecule has 0 unspecified atom stereocenters. The van der Waals surface area contributed by atoms with Crippen LogP contribution in [0.2, 0.25) is 0 Å². The molecule has 30 heavy (non-hydrogen) atoms. The van der Waals surface area contributed by atoms with Gasteiger partial charge in [-0.05, 0) is 68.8 Å². The molecule has 1 aromatic carbocycles. The van der Waals surface area contributed by atoms with Gasteiger partial charge >= 0.3 is 6.18 Å². The number of hydrogen-bond donors (Lipinski definition) is 1. The van der Waals surface area contributed by atoms with Crippen LogP contribution < -0.4 is 5.32 Å². The van der Waals surface area contributed by atoms with E-state index in [4.69, 9.17) is 4.74 Å². The summed E-state index contributed by atoms with van der Waals surface area (Å²) in [6.07, 6.45) is 3.32. The van der Waals surface area contributed by atoms with Crippen molar-refractivity contribution in [2.24, 2.45) is 11.8 Å². The zero-order valence-electron chi connectivity index (χ0n) is 17.5. The predicted molar refractivity (Wildman–Crippen MR) is 111 cm³/mol. The molecular formula is C21H31F3N2O3S. The van der Waals surface area contributed by atoms with Gasteiger partial charge in [0.25, 0.3) is 0 Å². The van der Waals surface area contributed by atoms with Crippen LogP contribution in [0.4, 0.5) is 13.2 Å². The van der Waals surface area contributed by atoms with Crippen molar-refractivity contribution >= 4 is 10.0 Å². The third-order valence-electron chi connectivity index (χ3n) is 5.43. The van der Waals surface area contributed by atoms with Crippen molar-refractivity contribution in [3.05, 3.63) is 42.0 Å². The fourth-order valence-corrected chi connectivity index (χ4v) is 4.86. The minimum absolute atomic E-state index is 0.119. The van der Waals surface area contributed by atoms with Gasteiger partial charge in [-0.15, -0.1) is 0 Å². The highest BCUT2D eigenvalue weighted by atomic mass is 32.2. The van der Waals surface area contributed by atoms with Gasteiger partial charge in [-0.3, -0.25) is 0 Å². The fourth-order valence-electron chi connectivity index (χ4n) is 3.61. The van der Waals surface area contributed by atoms with Crippen LogP contribution in [-0.2, 0) is 20.9 Å². The van der Waals surface area contributed by atoms with Crippen molar-refractivity contribution in [1.29, 1.82) is 0 Å². The number of sulfonamides is 1. The second kappa shape index (κ2) is 11.3. The summed E-state index contributed by atoms with van der Waals surface area (Å²) in [5.74, 6) is 0.724. The van der Waals surface area contributed by atoms with Crippen LogP contribution in [0.25, 0.3) is 0 Å². The highest BCUT2D eigenvalue weighted by Gasteiger charge is 2.32. The molecule has 0 saturated heterocycles. The number of ether oxygens (including phenoxy) is 1. The van der Waals surface area contributed by atoms with Crippen LogP contribution in [0, 0.1) is 11.8 Å². The molecule has 0 bridgehead atoms. The first-order valence-electron chi connectivity index (χ1n) is 10.2. The molecule has 0 aliphatic heterocycles. The first-order valence-corrected chi connectivity index (χ1v) is 11.6. The van der Waals surface area contributed by atoms with Gasteiger partial charge in [0, 0.05) is 26.7 Å². The monoisotopic (exact) mass is 448 g/mol. The summed E-state index contributed by atoms with van der Waals surface area (Å²) in [4.78, 5) is -0.119. The Bertz CT molecular complexity index is 772. The molecule has 1 aliphatic carbocycles. The van der Waals surface area contributed by atoms with Crippen molar-refractivity contribution in [2.45, 2.75) is 36.8 Å². The van der Waals surface area contributed by atoms with E-state index >= 15 is 0 Å². The molecule has 1 fully saturated rings. The predicted octanol–water partition coefficient (Wildman–Crippen LogP) is 3.92. The maximum absolute atomic E-state index is 12.7. The number of alkyl halides is 3. The van der Waals surface area contributed by atoms with Gasteiger partial charge < -0.3 is 10.1 Å². The Morgan fingerprint density at radius 2 is 1.70 bits per heavy atom. The Hall–Kier alpha value is -1.42. The van der Waals surface area contributed by atoms with Gasteiger partial charge in [0.1, 0.15) is 0 Å². The van der Waals surface area contributed by atoms with E-state index in [2.05, 4.69) is 5.32 Å². The molecule has 0 radical (unpaired) electrons. The van der Waals surface area contributed by atoms with Gasteiger partial charge in [0.2, 0.25) is 10.0 Å². The van der Waals surface area contributed by atoms with Gasteiger partial charge in [-0.25, -0.2) is 12.7 Å². The van der Waals surface area contributed by atoms with Crippen molar-refractivity contribution < 1.29 is 26.3 Å². The first kappa shape index (κ1) is 24.8. The molecule has 1 N–H and O–H groups in total. The second-order valence-corrected chi connectivity index (χ2v) is 9.81. The van der Waals surface area contributed by atoms with Crippen LogP contribution in [-0.4, -0.2) is 53.1 Å². The maximum atomic E-state index is 12.7. The summed E-state index contributed by atoms with van der Waals surface area (Å²) in [5, 5.41) is 3.02. The highest BCUT2D eigenvalue weighted by Crippen LogP contribution is 2.32. The smallest absolute Gasteiger partial charge is 0.377 e. The van der Waals surface area contributed by atoms with Crippen LogP contribution >= 0.6 is 0 Å². The quantitative estimate of drug-likeness (QED) is 0.435. The van der Waals surface area contributed by atoms with E-state index in [9.17, 15) is 21.6 Å².